The number of ether oxygens (including phenoxy) is 1. The molecule has 1 saturated heterocycles. The van der Waals surface area contributed by atoms with Crippen LogP contribution >= 0.6 is 0 Å². The molecule has 0 spiro atoms. The predicted octanol–water partition coefficient (Wildman–Crippen LogP) is 0.567. The molecule has 1 fully saturated rings. The predicted molar refractivity (Wildman–Crippen MR) is 77.4 cm³/mol. The summed E-state index contributed by atoms with van der Waals surface area (Å²) in [5, 5.41) is 11.7. The molecular formula is C15H20N2O4. The molecule has 114 valence electrons. The normalized spacial score (nSPS) is 19.1. The number of carboxylic acid groups (broad SMARTS) is 1. The van der Waals surface area contributed by atoms with E-state index in [4.69, 9.17) is 9.84 Å². The number of amides is 1. The summed E-state index contributed by atoms with van der Waals surface area (Å²) in [5.41, 5.74) is 2.23. The highest BCUT2D eigenvalue weighted by molar-refractivity contribution is 5.83. The Morgan fingerprint density at radius 3 is 2.67 bits per heavy atom. The van der Waals surface area contributed by atoms with Gasteiger partial charge in [-0.3, -0.25) is 14.5 Å². The maximum Gasteiger partial charge on any atom is 0.322 e. The Morgan fingerprint density at radius 2 is 2.05 bits per heavy atom. The first-order chi connectivity index (χ1) is 9.95. The zero-order valence-corrected chi connectivity index (χ0v) is 12.3. The molecule has 0 radical (unpaired) electrons. The average molecular weight is 292 g/mol. The number of aryl methyl sites for hydroxylation is 2. The van der Waals surface area contributed by atoms with E-state index in [1.165, 1.54) is 0 Å². The Hall–Kier alpha value is -2.08. The second kappa shape index (κ2) is 6.58. The van der Waals surface area contributed by atoms with Crippen molar-refractivity contribution in [3.05, 3.63) is 29.3 Å². The number of benzene rings is 1. The van der Waals surface area contributed by atoms with E-state index in [2.05, 4.69) is 11.4 Å². The van der Waals surface area contributed by atoms with Gasteiger partial charge in [-0.2, -0.15) is 0 Å². The molecule has 0 aromatic heterocycles. The van der Waals surface area contributed by atoms with Gasteiger partial charge < -0.3 is 15.2 Å². The van der Waals surface area contributed by atoms with Crippen LogP contribution in [0.2, 0.25) is 0 Å². The Morgan fingerprint density at radius 1 is 1.38 bits per heavy atom. The van der Waals surface area contributed by atoms with Crippen molar-refractivity contribution in [3.63, 3.8) is 0 Å². The van der Waals surface area contributed by atoms with Crippen molar-refractivity contribution in [2.75, 3.05) is 26.2 Å². The summed E-state index contributed by atoms with van der Waals surface area (Å²) in [5.74, 6) is -0.318. The number of nitrogens with zero attached hydrogens (tertiary/aromatic N) is 1. The van der Waals surface area contributed by atoms with E-state index in [1.54, 1.807) is 4.90 Å². The summed E-state index contributed by atoms with van der Waals surface area (Å²) in [7, 11) is 0. The van der Waals surface area contributed by atoms with E-state index in [0.717, 1.165) is 16.9 Å². The monoisotopic (exact) mass is 292 g/mol. The molecule has 0 saturated carbocycles. The molecule has 6 heteroatoms. The smallest absolute Gasteiger partial charge is 0.322 e. The number of hydrogen-bond donors (Lipinski definition) is 2. The van der Waals surface area contributed by atoms with Crippen LogP contribution in [0.4, 0.5) is 0 Å². The number of hydrogen-bond acceptors (Lipinski definition) is 4. The molecule has 1 unspecified atom stereocenters. The summed E-state index contributed by atoms with van der Waals surface area (Å²) in [4.78, 5) is 24.2. The van der Waals surface area contributed by atoms with Crippen LogP contribution in [-0.2, 0) is 9.59 Å². The largest absolute Gasteiger partial charge is 0.492 e. The molecule has 1 amide bonds. The molecule has 21 heavy (non-hydrogen) atoms. The molecule has 2 rings (SSSR count). The first-order valence-corrected chi connectivity index (χ1v) is 6.90. The van der Waals surface area contributed by atoms with Gasteiger partial charge in [-0.05, 0) is 37.1 Å². The van der Waals surface area contributed by atoms with E-state index in [1.807, 2.05) is 26.0 Å². The Labute approximate surface area is 123 Å². The molecule has 1 aliphatic rings. The van der Waals surface area contributed by atoms with Crippen molar-refractivity contribution in [1.29, 1.82) is 0 Å². The minimum absolute atomic E-state index is 0.0904. The van der Waals surface area contributed by atoms with E-state index in [9.17, 15) is 9.59 Å². The number of nitrogens with one attached hydrogen (secondary N) is 1. The highest BCUT2D eigenvalue weighted by Crippen LogP contribution is 2.16. The van der Waals surface area contributed by atoms with Crippen LogP contribution in [0.5, 0.6) is 5.75 Å². The van der Waals surface area contributed by atoms with Gasteiger partial charge in [0.05, 0.1) is 6.54 Å². The third kappa shape index (κ3) is 4.19. The fourth-order valence-corrected chi connectivity index (χ4v) is 2.47. The average Bonchev–Trinajstić information content (AvgIpc) is 2.37. The maximum atomic E-state index is 11.4. The fourth-order valence-electron chi connectivity index (χ4n) is 2.47. The SMILES string of the molecule is Cc1cc(C)cc(OCCN2CC(=O)NCC2C(=O)O)c1. The molecule has 0 aliphatic carbocycles. The van der Waals surface area contributed by atoms with Gasteiger partial charge >= 0.3 is 5.97 Å². The fraction of sp³-hybridized carbons (Fsp3) is 0.467. The molecular weight excluding hydrogens is 272 g/mol. The minimum Gasteiger partial charge on any atom is -0.492 e. The minimum atomic E-state index is -0.929. The van der Waals surface area contributed by atoms with Gasteiger partial charge in [-0.15, -0.1) is 0 Å². The van der Waals surface area contributed by atoms with Gasteiger partial charge in [0.25, 0.3) is 0 Å². The second-order valence-electron chi connectivity index (χ2n) is 5.30. The molecule has 2 N–H and O–H groups in total. The van der Waals surface area contributed by atoms with Gasteiger partial charge in [-0.1, -0.05) is 6.07 Å². The van der Waals surface area contributed by atoms with Crippen LogP contribution in [0.15, 0.2) is 18.2 Å². The number of rotatable bonds is 5. The molecule has 1 aromatic rings. The second-order valence-corrected chi connectivity index (χ2v) is 5.30. The molecule has 6 nitrogen and oxygen atoms in total. The zero-order valence-electron chi connectivity index (χ0n) is 12.3. The van der Waals surface area contributed by atoms with Gasteiger partial charge in [0, 0.05) is 13.1 Å². The van der Waals surface area contributed by atoms with Crippen molar-refractivity contribution in [3.8, 4) is 5.75 Å². The number of piperazine rings is 1. The highest BCUT2D eigenvalue weighted by atomic mass is 16.5. The number of carboxylic acids is 1. The van der Waals surface area contributed by atoms with Gasteiger partial charge in [0.15, 0.2) is 0 Å². The lowest BCUT2D eigenvalue weighted by molar-refractivity contribution is -0.146. The topological polar surface area (TPSA) is 78.9 Å². The lowest BCUT2D eigenvalue weighted by Crippen LogP contribution is -2.58. The van der Waals surface area contributed by atoms with Crippen LogP contribution in [0.25, 0.3) is 0 Å². The molecule has 0 bridgehead atoms. The van der Waals surface area contributed by atoms with Crippen LogP contribution in [0, 0.1) is 13.8 Å². The lowest BCUT2D eigenvalue weighted by Gasteiger charge is -2.32. The first kappa shape index (κ1) is 15.3. The number of aliphatic carboxylic acids is 1. The van der Waals surface area contributed by atoms with Crippen molar-refractivity contribution in [2.24, 2.45) is 0 Å². The van der Waals surface area contributed by atoms with E-state index in [-0.39, 0.29) is 19.0 Å². The molecule has 1 aromatic carbocycles. The van der Waals surface area contributed by atoms with Crippen LogP contribution < -0.4 is 10.1 Å². The lowest BCUT2D eigenvalue weighted by atomic mass is 10.1. The molecule has 1 atom stereocenters. The number of carbonyl (C=O) groups is 2. The van der Waals surface area contributed by atoms with Gasteiger partial charge in [-0.25, -0.2) is 0 Å². The molecule has 1 aliphatic heterocycles. The Balaban J connectivity index is 1.91. The van der Waals surface area contributed by atoms with Crippen LogP contribution in [0.1, 0.15) is 11.1 Å². The third-order valence-electron chi connectivity index (χ3n) is 3.41. The summed E-state index contributed by atoms with van der Waals surface area (Å²) in [6, 6.07) is 5.24. The zero-order chi connectivity index (χ0) is 15.4. The summed E-state index contributed by atoms with van der Waals surface area (Å²) in [6.45, 7) is 4.97. The van der Waals surface area contributed by atoms with Crippen molar-refractivity contribution in [1.82, 2.24) is 10.2 Å². The van der Waals surface area contributed by atoms with Crippen molar-refractivity contribution in [2.45, 2.75) is 19.9 Å². The standard InChI is InChI=1S/C15H20N2O4/c1-10-5-11(2)7-12(6-10)21-4-3-17-9-14(18)16-8-13(17)15(19)20/h5-7,13H,3-4,8-9H2,1-2H3,(H,16,18)(H,19,20). The Kier molecular flexibility index (Phi) is 4.80. The van der Waals surface area contributed by atoms with Crippen LogP contribution in [-0.4, -0.2) is 54.2 Å². The van der Waals surface area contributed by atoms with Crippen LogP contribution in [0.3, 0.4) is 0 Å². The van der Waals surface area contributed by atoms with Crippen molar-refractivity contribution < 1.29 is 19.4 Å². The van der Waals surface area contributed by atoms with E-state index >= 15 is 0 Å². The molecule has 1 heterocycles. The van der Waals surface area contributed by atoms with Gasteiger partial charge in [0.2, 0.25) is 5.91 Å². The highest BCUT2D eigenvalue weighted by Gasteiger charge is 2.31. The van der Waals surface area contributed by atoms with Gasteiger partial charge in [0.1, 0.15) is 18.4 Å². The third-order valence-corrected chi connectivity index (χ3v) is 3.41. The summed E-state index contributed by atoms with van der Waals surface area (Å²) < 4.78 is 5.67. The quantitative estimate of drug-likeness (QED) is 0.829. The van der Waals surface area contributed by atoms with Crippen molar-refractivity contribution >= 4 is 11.9 Å². The number of carbonyl (C=O) groups excluding carboxylic acids is 1. The summed E-state index contributed by atoms with van der Waals surface area (Å²) in [6.07, 6.45) is 0. The van der Waals surface area contributed by atoms with E-state index < -0.39 is 12.0 Å². The van der Waals surface area contributed by atoms with E-state index in [0.29, 0.717) is 13.2 Å². The Bertz CT molecular complexity index is 524. The first-order valence-electron chi connectivity index (χ1n) is 6.90. The summed E-state index contributed by atoms with van der Waals surface area (Å²) >= 11 is 0. The maximum absolute atomic E-state index is 11.4.